The monoisotopic (exact) mass is 262 g/mol. The Hall–Kier alpha value is -1.06. The summed E-state index contributed by atoms with van der Waals surface area (Å²) in [7, 11) is 1.72. The number of ether oxygens (including phenoxy) is 1. The van der Waals surface area contributed by atoms with Gasteiger partial charge in [0.15, 0.2) is 0 Å². The van der Waals surface area contributed by atoms with Gasteiger partial charge in [0.05, 0.1) is 7.11 Å². The first-order valence-corrected chi connectivity index (χ1v) is 7.40. The average Bonchev–Trinajstić information content (AvgIpc) is 2.47. The molecule has 0 spiro atoms. The molecule has 2 unspecified atom stereocenters. The van der Waals surface area contributed by atoms with Crippen molar-refractivity contribution in [3.8, 4) is 5.75 Å². The van der Waals surface area contributed by atoms with Crippen LogP contribution < -0.4 is 15.8 Å². The van der Waals surface area contributed by atoms with Gasteiger partial charge in [-0.25, -0.2) is 0 Å². The van der Waals surface area contributed by atoms with E-state index in [9.17, 15) is 0 Å². The van der Waals surface area contributed by atoms with Gasteiger partial charge in [-0.3, -0.25) is 0 Å². The Morgan fingerprint density at radius 2 is 2.26 bits per heavy atom. The zero-order valence-electron chi connectivity index (χ0n) is 12.1. The lowest BCUT2D eigenvalue weighted by Crippen LogP contribution is -2.36. The average molecular weight is 262 g/mol. The molecule has 3 nitrogen and oxygen atoms in total. The molecule has 3 heteroatoms. The highest BCUT2D eigenvalue weighted by Gasteiger charge is 2.17. The number of nitrogens with one attached hydrogen (secondary N) is 1. The molecule has 2 rings (SSSR count). The molecule has 0 bridgehead atoms. The number of rotatable bonds is 5. The van der Waals surface area contributed by atoms with E-state index in [0.717, 1.165) is 25.1 Å². The molecule has 106 valence electrons. The number of piperidine rings is 1. The molecule has 0 amide bonds. The van der Waals surface area contributed by atoms with Crippen LogP contribution >= 0.6 is 0 Å². The maximum atomic E-state index is 6.36. The maximum absolute atomic E-state index is 6.36. The lowest BCUT2D eigenvalue weighted by molar-refractivity contribution is 0.362. The maximum Gasteiger partial charge on any atom is 0.122 e. The van der Waals surface area contributed by atoms with Gasteiger partial charge >= 0.3 is 0 Å². The van der Waals surface area contributed by atoms with E-state index in [2.05, 4.69) is 24.4 Å². The summed E-state index contributed by atoms with van der Waals surface area (Å²) in [4.78, 5) is 0. The summed E-state index contributed by atoms with van der Waals surface area (Å²) in [6.45, 7) is 3.29. The summed E-state index contributed by atoms with van der Waals surface area (Å²) < 4.78 is 5.37. The van der Waals surface area contributed by atoms with Crippen molar-refractivity contribution in [2.75, 3.05) is 13.7 Å². The third-order valence-electron chi connectivity index (χ3n) is 4.06. The first kappa shape index (κ1) is 14.4. The van der Waals surface area contributed by atoms with Gasteiger partial charge in [-0.2, -0.15) is 0 Å². The van der Waals surface area contributed by atoms with Crippen LogP contribution in [0.4, 0.5) is 0 Å². The van der Waals surface area contributed by atoms with Crippen LogP contribution in [-0.2, 0) is 6.42 Å². The van der Waals surface area contributed by atoms with Gasteiger partial charge < -0.3 is 15.8 Å². The lowest BCUT2D eigenvalue weighted by atomic mass is 9.93. The quantitative estimate of drug-likeness (QED) is 0.858. The first-order valence-electron chi connectivity index (χ1n) is 7.40. The Morgan fingerprint density at radius 1 is 1.42 bits per heavy atom. The summed E-state index contributed by atoms with van der Waals surface area (Å²) in [6, 6.07) is 7.04. The van der Waals surface area contributed by atoms with Gasteiger partial charge in [-0.15, -0.1) is 0 Å². The molecular weight excluding hydrogens is 236 g/mol. The van der Waals surface area contributed by atoms with Gasteiger partial charge in [0, 0.05) is 12.1 Å². The standard InChI is InChI=1S/C16H26N2O/c1-3-12-10-13(7-8-16(12)19-2)15(17)11-14-6-4-5-9-18-14/h7-8,10,14-15,18H,3-6,9,11,17H2,1-2H3. The van der Waals surface area contributed by atoms with E-state index < -0.39 is 0 Å². The zero-order chi connectivity index (χ0) is 13.7. The summed E-state index contributed by atoms with van der Waals surface area (Å²) in [5.74, 6) is 0.967. The van der Waals surface area contributed by atoms with Crippen molar-refractivity contribution >= 4 is 0 Å². The number of methoxy groups -OCH3 is 1. The smallest absolute Gasteiger partial charge is 0.122 e. The zero-order valence-corrected chi connectivity index (χ0v) is 12.1. The molecule has 3 N–H and O–H groups in total. The van der Waals surface area contributed by atoms with Gasteiger partial charge in [0.1, 0.15) is 5.75 Å². The molecule has 0 aliphatic carbocycles. The van der Waals surface area contributed by atoms with E-state index in [-0.39, 0.29) is 6.04 Å². The van der Waals surface area contributed by atoms with Gasteiger partial charge in [-0.05, 0) is 49.4 Å². The van der Waals surface area contributed by atoms with E-state index in [4.69, 9.17) is 10.5 Å². The molecule has 0 aromatic heterocycles. The number of hydrogen-bond acceptors (Lipinski definition) is 3. The fourth-order valence-electron chi connectivity index (χ4n) is 2.87. The van der Waals surface area contributed by atoms with E-state index in [1.54, 1.807) is 7.11 Å². The third kappa shape index (κ3) is 3.71. The number of aryl methyl sites for hydroxylation is 1. The van der Waals surface area contributed by atoms with E-state index in [0.29, 0.717) is 6.04 Å². The second-order valence-corrected chi connectivity index (χ2v) is 5.41. The molecule has 1 saturated heterocycles. The molecule has 1 aliphatic rings. The van der Waals surface area contributed by atoms with Crippen LogP contribution in [0.3, 0.4) is 0 Å². The second kappa shape index (κ2) is 6.92. The summed E-state index contributed by atoms with van der Waals surface area (Å²) in [5.41, 5.74) is 8.83. The van der Waals surface area contributed by atoms with Crippen LogP contribution in [0.5, 0.6) is 5.75 Å². The largest absolute Gasteiger partial charge is 0.496 e. The summed E-state index contributed by atoms with van der Waals surface area (Å²) >= 11 is 0. The Labute approximate surface area is 116 Å². The minimum Gasteiger partial charge on any atom is -0.496 e. The normalized spacial score (nSPS) is 21.1. The predicted octanol–water partition coefficient (Wildman–Crippen LogP) is 2.79. The van der Waals surface area contributed by atoms with Crippen molar-refractivity contribution in [1.29, 1.82) is 0 Å². The second-order valence-electron chi connectivity index (χ2n) is 5.41. The van der Waals surface area contributed by atoms with Crippen LogP contribution in [0, 0.1) is 0 Å². The Balaban J connectivity index is 2.03. The highest BCUT2D eigenvalue weighted by molar-refractivity contribution is 5.38. The molecule has 19 heavy (non-hydrogen) atoms. The van der Waals surface area contributed by atoms with Crippen LogP contribution in [-0.4, -0.2) is 19.7 Å². The lowest BCUT2D eigenvalue weighted by Gasteiger charge is -2.26. The highest BCUT2D eigenvalue weighted by atomic mass is 16.5. The van der Waals surface area contributed by atoms with Crippen molar-refractivity contribution in [2.45, 2.75) is 51.1 Å². The molecular formula is C16H26N2O. The Morgan fingerprint density at radius 3 is 2.89 bits per heavy atom. The van der Waals surface area contributed by atoms with Crippen molar-refractivity contribution in [3.63, 3.8) is 0 Å². The number of nitrogens with two attached hydrogens (primary N) is 1. The molecule has 1 aromatic rings. The van der Waals surface area contributed by atoms with E-state index in [1.165, 1.54) is 30.4 Å². The van der Waals surface area contributed by atoms with Gasteiger partial charge in [0.25, 0.3) is 0 Å². The van der Waals surface area contributed by atoms with Crippen LogP contribution in [0.1, 0.15) is 49.8 Å². The highest BCUT2D eigenvalue weighted by Crippen LogP contribution is 2.26. The van der Waals surface area contributed by atoms with Crippen molar-refractivity contribution < 1.29 is 4.74 Å². The first-order chi connectivity index (χ1) is 9.24. The topological polar surface area (TPSA) is 47.3 Å². The summed E-state index contributed by atoms with van der Waals surface area (Å²) in [6.07, 6.45) is 5.88. The van der Waals surface area contributed by atoms with Crippen LogP contribution in [0.2, 0.25) is 0 Å². The fraction of sp³-hybridized carbons (Fsp3) is 0.625. The van der Waals surface area contributed by atoms with E-state index in [1.807, 2.05) is 6.07 Å². The Bertz CT molecular complexity index is 400. The van der Waals surface area contributed by atoms with Crippen molar-refractivity contribution in [3.05, 3.63) is 29.3 Å². The Kier molecular flexibility index (Phi) is 5.23. The predicted molar refractivity (Wildman–Crippen MR) is 79.6 cm³/mol. The van der Waals surface area contributed by atoms with Crippen LogP contribution in [0.25, 0.3) is 0 Å². The van der Waals surface area contributed by atoms with Crippen LogP contribution in [0.15, 0.2) is 18.2 Å². The third-order valence-corrected chi connectivity index (χ3v) is 4.06. The minimum atomic E-state index is 0.117. The van der Waals surface area contributed by atoms with Gasteiger partial charge in [0.2, 0.25) is 0 Å². The molecule has 0 saturated carbocycles. The van der Waals surface area contributed by atoms with Crippen molar-refractivity contribution in [1.82, 2.24) is 5.32 Å². The molecule has 0 radical (unpaired) electrons. The molecule has 1 fully saturated rings. The molecule has 1 aliphatic heterocycles. The molecule has 1 heterocycles. The summed E-state index contributed by atoms with van der Waals surface area (Å²) in [5, 5.41) is 3.57. The number of benzene rings is 1. The van der Waals surface area contributed by atoms with Gasteiger partial charge in [-0.1, -0.05) is 25.5 Å². The minimum absolute atomic E-state index is 0.117. The molecule has 2 atom stereocenters. The van der Waals surface area contributed by atoms with E-state index >= 15 is 0 Å². The number of hydrogen-bond donors (Lipinski definition) is 2. The van der Waals surface area contributed by atoms with Crippen molar-refractivity contribution in [2.24, 2.45) is 5.73 Å². The SMILES string of the molecule is CCc1cc(C(N)CC2CCCCN2)ccc1OC. The molecule has 1 aromatic carbocycles. The fourth-order valence-corrected chi connectivity index (χ4v) is 2.87.